The van der Waals surface area contributed by atoms with Gasteiger partial charge in [-0.3, -0.25) is 14.4 Å². The summed E-state index contributed by atoms with van der Waals surface area (Å²) in [5, 5.41) is 12.9. The number of carbonyl (C=O) groups excluding carboxylic acids is 3. The second-order valence-electron chi connectivity index (χ2n) is 5.94. The molecule has 0 saturated heterocycles. The molecule has 0 fully saturated rings. The Kier molecular flexibility index (Phi) is 5.57. The zero-order valence-electron chi connectivity index (χ0n) is 14.9. The monoisotopic (exact) mass is 394 g/mol. The van der Waals surface area contributed by atoms with Gasteiger partial charge in [0.2, 0.25) is 5.78 Å². The quantitative estimate of drug-likeness (QED) is 0.775. The molecule has 6 nitrogen and oxygen atoms in total. The van der Waals surface area contributed by atoms with Crippen molar-refractivity contribution in [3.8, 4) is 6.07 Å². The van der Waals surface area contributed by atoms with Crippen LogP contribution in [0.4, 0.5) is 5.69 Å². The molecule has 1 aliphatic carbocycles. The Bertz CT molecular complexity index is 1040. The Hall–Kier alpha value is -3.43. The molecule has 0 bridgehead atoms. The maximum Gasteiger partial charge on any atom is 0.328 e. The van der Waals surface area contributed by atoms with Gasteiger partial charge in [0.05, 0.1) is 23.9 Å². The molecule has 1 atom stereocenters. The summed E-state index contributed by atoms with van der Waals surface area (Å²) in [5.74, 6) is -3.45. The Morgan fingerprint density at radius 1 is 1.11 bits per heavy atom. The number of nitrogens with one attached hydrogen (secondary N) is 1. The van der Waals surface area contributed by atoms with Crippen molar-refractivity contribution in [3.63, 3.8) is 0 Å². The molecule has 3 rings (SSSR count). The number of nitriles is 1. The number of allylic oxidation sites excluding steroid dienone is 1. The fraction of sp³-hybridized carbons (Fsp3) is 0.143. The second kappa shape index (κ2) is 8.07. The number of halogens is 1. The number of anilines is 1. The normalized spacial score (nSPS) is 14.2. The molecular weight excluding hydrogens is 380 g/mol. The highest BCUT2D eigenvalue weighted by Crippen LogP contribution is 2.32. The van der Waals surface area contributed by atoms with Crippen molar-refractivity contribution < 1.29 is 19.1 Å². The van der Waals surface area contributed by atoms with E-state index in [0.717, 1.165) is 0 Å². The maximum absolute atomic E-state index is 13.1. The van der Waals surface area contributed by atoms with E-state index in [1.165, 1.54) is 12.1 Å². The van der Waals surface area contributed by atoms with E-state index in [1.807, 2.05) is 0 Å². The summed E-state index contributed by atoms with van der Waals surface area (Å²) < 4.78 is 4.93. The molecule has 2 aromatic carbocycles. The van der Waals surface area contributed by atoms with Crippen molar-refractivity contribution in [2.75, 3.05) is 11.9 Å². The van der Waals surface area contributed by atoms with Gasteiger partial charge >= 0.3 is 5.97 Å². The van der Waals surface area contributed by atoms with Crippen LogP contribution in [0.5, 0.6) is 0 Å². The van der Waals surface area contributed by atoms with E-state index in [0.29, 0.717) is 10.7 Å². The Balaban J connectivity index is 2.17. The first-order chi connectivity index (χ1) is 13.5. The first-order valence-electron chi connectivity index (χ1n) is 8.49. The van der Waals surface area contributed by atoms with Crippen LogP contribution in [0.25, 0.3) is 0 Å². The van der Waals surface area contributed by atoms with Crippen LogP contribution in [0.1, 0.15) is 27.6 Å². The lowest BCUT2D eigenvalue weighted by atomic mass is 9.81. The van der Waals surface area contributed by atoms with Gasteiger partial charge in [0.25, 0.3) is 0 Å². The van der Waals surface area contributed by atoms with E-state index < -0.39 is 23.5 Å². The van der Waals surface area contributed by atoms with Crippen LogP contribution in [0, 0.1) is 17.2 Å². The number of hydrogen-bond acceptors (Lipinski definition) is 6. The van der Waals surface area contributed by atoms with Crippen LogP contribution in [-0.4, -0.2) is 24.1 Å². The molecule has 1 unspecified atom stereocenters. The summed E-state index contributed by atoms with van der Waals surface area (Å²) >= 11 is 5.89. The van der Waals surface area contributed by atoms with Crippen molar-refractivity contribution in [1.29, 1.82) is 5.26 Å². The number of nitrogens with zero attached hydrogens (tertiary/aromatic N) is 1. The third-order valence-electron chi connectivity index (χ3n) is 4.21. The minimum absolute atomic E-state index is 0.0446. The minimum Gasteiger partial charge on any atom is -0.465 e. The van der Waals surface area contributed by atoms with E-state index in [-0.39, 0.29) is 29.0 Å². The fourth-order valence-corrected chi connectivity index (χ4v) is 3.06. The number of Topliss-reactive ketones (excluding diaryl/α,β-unsaturated/α-hetero) is 2. The lowest BCUT2D eigenvalue weighted by Crippen LogP contribution is -2.32. The zero-order chi connectivity index (χ0) is 20.3. The summed E-state index contributed by atoms with van der Waals surface area (Å²) in [6.45, 7) is 1.64. The summed E-state index contributed by atoms with van der Waals surface area (Å²) in [4.78, 5) is 38.5. The van der Waals surface area contributed by atoms with Crippen molar-refractivity contribution in [1.82, 2.24) is 0 Å². The van der Waals surface area contributed by atoms with Gasteiger partial charge in [0.15, 0.2) is 11.7 Å². The second-order valence-corrected chi connectivity index (χ2v) is 6.37. The molecule has 0 amide bonds. The molecule has 140 valence electrons. The number of ether oxygens (including phenoxy) is 1. The predicted molar refractivity (Wildman–Crippen MR) is 103 cm³/mol. The van der Waals surface area contributed by atoms with Gasteiger partial charge < -0.3 is 10.1 Å². The highest BCUT2D eigenvalue weighted by molar-refractivity contribution is 6.31. The van der Waals surface area contributed by atoms with Gasteiger partial charge in [-0.05, 0) is 31.2 Å². The fourth-order valence-electron chi connectivity index (χ4n) is 2.93. The van der Waals surface area contributed by atoms with Gasteiger partial charge in [-0.15, -0.1) is 0 Å². The number of fused-ring (bicyclic) bond motifs is 1. The molecule has 2 aromatic rings. The van der Waals surface area contributed by atoms with E-state index in [4.69, 9.17) is 16.3 Å². The summed E-state index contributed by atoms with van der Waals surface area (Å²) in [6.07, 6.45) is 0. The van der Waals surface area contributed by atoms with Crippen molar-refractivity contribution in [3.05, 3.63) is 76.0 Å². The maximum atomic E-state index is 13.1. The minimum atomic E-state index is -1.53. The highest BCUT2D eigenvalue weighted by atomic mass is 35.5. The van der Waals surface area contributed by atoms with Gasteiger partial charge in [-0.2, -0.15) is 5.26 Å². The molecule has 0 spiro atoms. The van der Waals surface area contributed by atoms with Gasteiger partial charge in [-0.25, -0.2) is 0 Å². The number of carbonyl (C=O) groups is 3. The summed E-state index contributed by atoms with van der Waals surface area (Å²) in [7, 11) is 0. The first kappa shape index (κ1) is 19.3. The van der Waals surface area contributed by atoms with Crippen molar-refractivity contribution in [2.45, 2.75) is 6.92 Å². The van der Waals surface area contributed by atoms with Gasteiger partial charge in [-0.1, -0.05) is 35.9 Å². The van der Waals surface area contributed by atoms with Crippen LogP contribution >= 0.6 is 11.6 Å². The lowest BCUT2D eigenvalue weighted by Gasteiger charge is -2.24. The SMILES string of the molecule is CCOC(=O)C(C#N)C1=C(Nc2ccc(Cl)cc2)C(=O)c2ccccc2C1=O. The number of ketones is 2. The molecule has 1 N–H and O–H groups in total. The van der Waals surface area contributed by atoms with Crippen LogP contribution in [-0.2, 0) is 9.53 Å². The Morgan fingerprint density at radius 3 is 2.29 bits per heavy atom. The van der Waals surface area contributed by atoms with Crippen LogP contribution in [0.2, 0.25) is 5.02 Å². The average molecular weight is 395 g/mol. The molecule has 0 radical (unpaired) electrons. The highest BCUT2D eigenvalue weighted by Gasteiger charge is 2.39. The van der Waals surface area contributed by atoms with Crippen molar-refractivity contribution in [2.24, 2.45) is 5.92 Å². The third-order valence-corrected chi connectivity index (χ3v) is 4.46. The number of benzene rings is 2. The summed E-state index contributed by atoms with van der Waals surface area (Å²) in [5.41, 5.74) is 0.491. The Morgan fingerprint density at radius 2 is 1.71 bits per heavy atom. The largest absolute Gasteiger partial charge is 0.465 e. The molecule has 0 aliphatic heterocycles. The molecule has 0 heterocycles. The Labute approximate surface area is 166 Å². The molecule has 7 heteroatoms. The van der Waals surface area contributed by atoms with Crippen LogP contribution in [0.3, 0.4) is 0 Å². The molecule has 0 saturated carbocycles. The number of hydrogen-bond donors (Lipinski definition) is 1. The van der Waals surface area contributed by atoms with Crippen LogP contribution in [0.15, 0.2) is 59.8 Å². The first-order valence-corrected chi connectivity index (χ1v) is 8.87. The smallest absolute Gasteiger partial charge is 0.328 e. The standard InChI is InChI=1S/C21H15ClN2O4/c1-2-28-21(27)16(11-23)17-18(24-13-9-7-12(22)8-10-13)20(26)15-6-4-3-5-14(15)19(17)25/h3-10,16,24H,2H2,1H3. The molecular formula is C21H15ClN2O4. The van der Waals surface area contributed by atoms with Crippen LogP contribution < -0.4 is 5.32 Å². The molecule has 0 aromatic heterocycles. The van der Waals surface area contributed by atoms with E-state index >= 15 is 0 Å². The molecule has 1 aliphatic rings. The number of esters is 1. The van der Waals surface area contributed by atoms with E-state index in [1.54, 1.807) is 49.4 Å². The number of rotatable bonds is 5. The third kappa shape index (κ3) is 3.53. The average Bonchev–Trinajstić information content (AvgIpc) is 2.70. The van der Waals surface area contributed by atoms with Gasteiger partial charge in [0, 0.05) is 21.8 Å². The lowest BCUT2D eigenvalue weighted by molar-refractivity contribution is -0.144. The van der Waals surface area contributed by atoms with Crippen molar-refractivity contribution >= 4 is 34.8 Å². The molecule has 28 heavy (non-hydrogen) atoms. The van der Waals surface area contributed by atoms with E-state index in [2.05, 4.69) is 5.32 Å². The predicted octanol–water partition coefficient (Wildman–Crippen LogP) is 3.79. The van der Waals surface area contributed by atoms with Gasteiger partial charge in [0.1, 0.15) is 0 Å². The summed E-state index contributed by atoms with van der Waals surface area (Å²) in [6, 6.07) is 14.5. The topological polar surface area (TPSA) is 96.3 Å². The zero-order valence-corrected chi connectivity index (χ0v) is 15.6. The van der Waals surface area contributed by atoms with E-state index in [9.17, 15) is 19.6 Å².